The monoisotopic (exact) mass is 367 g/mol. The molecule has 0 N–H and O–H groups in total. The van der Waals surface area contributed by atoms with Crippen molar-refractivity contribution in [2.45, 2.75) is 44.8 Å². The van der Waals surface area contributed by atoms with E-state index in [0.717, 1.165) is 29.9 Å². The van der Waals surface area contributed by atoms with Crippen LogP contribution in [0.5, 0.6) is 0 Å². The third-order valence-corrected chi connectivity index (χ3v) is 5.54. The van der Waals surface area contributed by atoms with Crippen LogP contribution < -0.4 is 4.90 Å². The van der Waals surface area contributed by atoms with Crippen LogP contribution in [0.1, 0.15) is 30.3 Å². The zero-order chi connectivity index (χ0) is 18.3. The Morgan fingerprint density at radius 3 is 2.92 bits per heavy atom. The molecule has 4 rings (SSSR count). The highest BCUT2D eigenvalue weighted by atomic mass is 32.2. The number of anilines is 1. The number of hydrogen-bond acceptors (Lipinski definition) is 5. The van der Waals surface area contributed by atoms with Gasteiger partial charge in [-0.1, -0.05) is 30.0 Å². The Balaban J connectivity index is 1.53. The molecule has 6 nitrogen and oxygen atoms in total. The van der Waals surface area contributed by atoms with Crippen molar-refractivity contribution in [3.8, 4) is 0 Å². The number of carbonyl (C=O) groups is 1. The summed E-state index contributed by atoms with van der Waals surface area (Å²) in [6.07, 6.45) is 2.01. The van der Waals surface area contributed by atoms with E-state index in [1.807, 2.05) is 43.0 Å². The van der Waals surface area contributed by atoms with Crippen LogP contribution >= 0.6 is 11.8 Å². The van der Waals surface area contributed by atoms with Gasteiger partial charge in [0.2, 0.25) is 11.1 Å². The first-order valence-corrected chi connectivity index (χ1v) is 9.75. The Kier molecular flexibility index (Phi) is 4.40. The molecule has 0 radical (unpaired) electrons. The van der Waals surface area contributed by atoms with Crippen LogP contribution in [0.25, 0.3) is 5.78 Å². The fourth-order valence-electron chi connectivity index (χ4n) is 3.47. The smallest absolute Gasteiger partial charge is 0.253 e. The summed E-state index contributed by atoms with van der Waals surface area (Å²) in [5.41, 5.74) is 4.17. The van der Waals surface area contributed by atoms with Gasteiger partial charge in [-0.15, -0.1) is 5.10 Å². The van der Waals surface area contributed by atoms with Crippen molar-refractivity contribution in [2.75, 3.05) is 10.7 Å². The summed E-state index contributed by atoms with van der Waals surface area (Å²) >= 11 is 1.36. The summed E-state index contributed by atoms with van der Waals surface area (Å²) in [5, 5.41) is 5.05. The standard InChI is InChI=1S/C19H21N5OS/c1-12-10-14(3)24-18(20-12)21-19(22-24)26-11-17(25)23-13(2)8-9-15-6-4-5-7-16(15)23/h4-7,10,13H,8-9,11H2,1-3H3. The Morgan fingerprint density at radius 2 is 2.08 bits per heavy atom. The largest absolute Gasteiger partial charge is 0.309 e. The molecule has 0 saturated carbocycles. The first-order valence-electron chi connectivity index (χ1n) is 8.76. The van der Waals surface area contributed by atoms with Crippen molar-refractivity contribution in [3.63, 3.8) is 0 Å². The van der Waals surface area contributed by atoms with Gasteiger partial charge in [-0.2, -0.15) is 4.98 Å². The highest BCUT2D eigenvalue weighted by Crippen LogP contribution is 2.31. The van der Waals surface area contributed by atoms with Crippen LogP contribution in [0.2, 0.25) is 0 Å². The number of thioether (sulfide) groups is 1. The summed E-state index contributed by atoms with van der Waals surface area (Å²) in [6, 6.07) is 10.3. The molecule has 0 bridgehead atoms. The molecule has 134 valence electrons. The average molecular weight is 367 g/mol. The van der Waals surface area contributed by atoms with Crippen LogP contribution in [0.3, 0.4) is 0 Å². The maximum absolute atomic E-state index is 12.9. The quantitative estimate of drug-likeness (QED) is 0.665. The molecule has 0 spiro atoms. The minimum absolute atomic E-state index is 0.0920. The van der Waals surface area contributed by atoms with E-state index in [1.54, 1.807) is 4.52 Å². The van der Waals surface area contributed by atoms with E-state index in [-0.39, 0.29) is 11.9 Å². The molecule has 1 aromatic carbocycles. The molecule has 1 unspecified atom stereocenters. The average Bonchev–Trinajstić information content (AvgIpc) is 3.03. The number of aryl methyl sites for hydroxylation is 3. The number of amides is 1. The molecular formula is C19H21N5OS. The Morgan fingerprint density at radius 1 is 1.27 bits per heavy atom. The van der Waals surface area contributed by atoms with Gasteiger partial charge in [0.25, 0.3) is 5.78 Å². The molecule has 1 atom stereocenters. The van der Waals surface area contributed by atoms with Crippen LogP contribution in [0.15, 0.2) is 35.5 Å². The third-order valence-electron chi connectivity index (χ3n) is 4.72. The van der Waals surface area contributed by atoms with Gasteiger partial charge in [0, 0.05) is 23.1 Å². The summed E-state index contributed by atoms with van der Waals surface area (Å²) in [4.78, 5) is 23.7. The zero-order valence-corrected chi connectivity index (χ0v) is 16.0. The van der Waals surface area contributed by atoms with E-state index >= 15 is 0 Å². The molecule has 26 heavy (non-hydrogen) atoms. The number of hydrogen-bond donors (Lipinski definition) is 0. The van der Waals surface area contributed by atoms with Gasteiger partial charge >= 0.3 is 0 Å². The number of nitrogens with zero attached hydrogens (tertiary/aromatic N) is 5. The second kappa shape index (κ2) is 6.72. The topological polar surface area (TPSA) is 63.4 Å². The third kappa shape index (κ3) is 3.07. The van der Waals surface area contributed by atoms with Gasteiger partial charge in [0.05, 0.1) is 5.75 Å². The minimum Gasteiger partial charge on any atom is -0.309 e. The zero-order valence-electron chi connectivity index (χ0n) is 15.1. The van der Waals surface area contributed by atoms with E-state index in [0.29, 0.717) is 16.7 Å². The molecule has 0 aliphatic carbocycles. The van der Waals surface area contributed by atoms with Crippen molar-refractivity contribution in [3.05, 3.63) is 47.3 Å². The second-order valence-electron chi connectivity index (χ2n) is 6.71. The number of fused-ring (bicyclic) bond motifs is 2. The van der Waals surface area contributed by atoms with E-state index < -0.39 is 0 Å². The molecular weight excluding hydrogens is 346 g/mol. The van der Waals surface area contributed by atoms with E-state index in [4.69, 9.17) is 0 Å². The number of para-hydroxylation sites is 1. The molecule has 2 aromatic heterocycles. The number of aromatic nitrogens is 4. The van der Waals surface area contributed by atoms with Crippen molar-refractivity contribution < 1.29 is 4.79 Å². The maximum Gasteiger partial charge on any atom is 0.253 e. The van der Waals surface area contributed by atoms with Gasteiger partial charge < -0.3 is 4.90 Å². The lowest BCUT2D eigenvalue weighted by Crippen LogP contribution is -2.43. The van der Waals surface area contributed by atoms with Gasteiger partial charge in [-0.3, -0.25) is 4.79 Å². The lowest BCUT2D eigenvalue weighted by molar-refractivity contribution is -0.116. The maximum atomic E-state index is 12.9. The van der Waals surface area contributed by atoms with Crippen molar-refractivity contribution in [1.82, 2.24) is 19.6 Å². The van der Waals surface area contributed by atoms with Crippen LogP contribution in [-0.2, 0) is 11.2 Å². The molecule has 1 aliphatic heterocycles. The minimum atomic E-state index is 0.0920. The Bertz CT molecular complexity index is 983. The van der Waals surface area contributed by atoms with Crippen molar-refractivity contribution >= 4 is 29.1 Å². The molecule has 3 aromatic rings. The van der Waals surface area contributed by atoms with Crippen LogP contribution in [0.4, 0.5) is 5.69 Å². The molecule has 3 heterocycles. The molecule has 0 fully saturated rings. The lowest BCUT2D eigenvalue weighted by Gasteiger charge is -2.35. The van der Waals surface area contributed by atoms with Crippen molar-refractivity contribution in [2.24, 2.45) is 0 Å². The highest BCUT2D eigenvalue weighted by molar-refractivity contribution is 7.99. The summed E-state index contributed by atoms with van der Waals surface area (Å²) in [6.45, 7) is 6.02. The molecule has 1 amide bonds. The molecule has 1 aliphatic rings. The fraction of sp³-hybridized carbons (Fsp3) is 0.368. The van der Waals surface area contributed by atoms with Crippen LogP contribution in [0, 0.1) is 13.8 Å². The van der Waals surface area contributed by atoms with Gasteiger partial charge in [-0.05, 0) is 51.3 Å². The first-order chi connectivity index (χ1) is 12.5. The van der Waals surface area contributed by atoms with Gasteiger partial charge in [-0.25, -0.2) is 9.50 Å². The predicted molar refractivity (Wildman–Crippen MR) is 103 cm³/mol. The summed E-state index contributed by atoms with van der Waals surface area (Å²) in [7, 11) is 0. The normalized spacial score (nSPS) is 16.7. The van der Waals surface area contributed by atoms with Crippen molar-refractivity contribution in [1.29, 1.82) is 0 Å². The second-order valence-corrected chi connectivity index (χ2v) is 7.66. The lowest BCUT2D eigenvalue weighted by atomic mass is 9.97. The van der Waals surface area contributed by atoms with Gasteiger partial charge in [0.15, 0.2) is 0 Å². The highest BCUT2D eigenvalue weighted by Gasteiger charge is 2.28. The Hall–Kier alpha value is -2.41. The van der Waals surface area contributed by atoms with E-state index in [2.05, 4.69) is 28.1 Å². The molecule has 7 heteroatoms. The van der Waals surface area contributed by atoms with E-state index in [9.17, 15) is 4.79 Å². The molecule has 0 saturated heterocycles. The summed E-state index contributed by atoms with van der Waals surface area (Å²) in [5.74, 6) is 0.983. The first kappa shape index (κ1) is 17.0. The number of carbonyl (C=O) groups excluding carboxylic acids is 1. The number of rotatable bonds is 3. The SMILES string of the molecule is Cc1cc(C)n2nc(SCC(=O)N3c4ccccc4CCC3C)nc2n1. The van der Waals surface area contributed by atoms with Gasteiger partial charge in [0.1, 0.15) is 0 Å². The van der Waals surface area contributed by atoms with E-state index in [1.165, 1.54) is 17.3 Å². The summed E-state index contributed by atoms with van der Waals surface area (Å²) < 4.78 is 1.72. The fourth-order valence-corrected chi connectivity index (χ4v) is 4.15. The predicted octanol–water partition coefficient (Wildman–Crippen LogP) is 3.20. The Labute approximate surface area is 156 Å². The van der Waals surface area contributed by atoms with Crippen LogP contribution in [-0.4, -0.2) is 37.3 Å². The number of benzene rings is 1.